The van der Waals surface area contributed by atoms with Crippen molar-refractivity contribution in [3.8, 4) is 0 Å². The number of aliphatic hydroxyl groups excluding tert-OH is 2. The van der Waals surface area contributed by atoms with E-state index in [0.29, 0.717) is 23.7 Å². The van der Waals surface area contributed by atoms with Crippen molar-refractivity contribution >= 4 is 34.8 Å². The molecule has 0 aromatic carbocycles. The fourth-order valence-electron chi connectivity index (χ4n) is 9.73. The lowest BCUT2D eigenvalue weighted by atomic mass is 9.44. The van der Waals surface area contributed by atoms with E-state index in [2.05, 4.69) is 54.7 Å². The van der Waals surface area contributed by atoms with Gasteiger partial charge in [0.15, 0.2) is 4.30 Å². The summed E-state index contributed by atoms with van der Waals surface area (Å²) in [6, 6.07) is 0. The molecular formula is C31H51Cl3O2. The van der Waals surface area contributed by atoms with Crippen molar-refractivity contribution in [3.63, 3.8) is 0 Å². The Morgan fingerprint density at radius 3 is 1.31 bits per heavy atom. The van der Waals surface area contributed by atoms with Crippen LogP contribution in [0.1, 0.15) is 106 Å². The second-order valence-corrected chi connectivity index (χ2v) is 16.2. The summed E-state index contributed by atoms with van der Waals surface area (Å²) < 4.78 is -0.750. The number of alkyl halides is 3. The molecule has 0 aliphatic heterocycles. The van der Waals surface area contributed by atoms with Crippen molar-refractivity contribution in [2.24, 2.45) is 45.3 Å². The van der Waals surface area contributed by atoms with E-state index in [-0.39, 0.29) is 33.9 Å². The molecule has 208 valence electrons. The van der Waals surface area contributed by atoms with E-state index >= 15 is 0 Å². The molecule has 5 heteroatoms. The lowest BCUT2D eigenvalue weighted by molar-refractivity contribution is -0.134. The second-order valence-electron chi connectivity index (χ2n) is 14.2. The Bertz CT molecular complexity index is 754. The van der Waals surface area contributed by atoms with E-state index in [0.717, 1.165) is 38.5 Å². The minimum absolute atomic E-state index is 0.0129. The first-order chi connectivity index (χ1) is 16.5. The minimum atomic E-state index is -0.750. The SMILES string of the molecule is C=C1CC[C@@H]2C(C)(C)[C@H](O)CC[C@@]2(C)[C@@H]1CC[C@@H]1C(=C)CC[C@@H]2C(C)(C)[C@H](O)CC[C@@]12C.ClC(Cl)Cl. The number of hydrogen-bond acceptors (Lipinski definition) is 2. The summed E-state index contributed by atoms with van der Waals surface area (Å²) >= 11 is 14.4. The maximum atomic E-state index is 10.8. The van der Waals surface area contributed by atoms with Crippen molar-refractivity contribution in [2.45, 2.75) is 122 Å². The number of aliphatic hydroxyl groups is 2. The average Bonchev–Trinajstić information content (AvgIpc) is 2.75. The van der Waals surface area contributed by atoms with Gasteiger partial charge in [-0.1, -0.05) is 101 Å². The first-order valence-corrected chi connectivity index (χ1v) is 15.4. The van der Waals surface area contributed by atoms with Gasteiger partial charge in [0.2, 0.25) is 0 Å². The number of hydrogen-bond donors (Lipinski definition) is 2. The molecule has 0 aromatic heterocycles. The molecule has 0 aromatic rings. The predicted molar refractivity (Wildman–Crippen MR) is 156 cm³/mol. The molecule has 4 rings (SSSR count). The van der Waals surface area contributed by atoms with Crippen molar-refractivity contribution in [1.29, 1.82) is 0 Å². The summed E-state index contributed by atoms with van der Waals surface area (Å²) in [5.41, 5.74) is 3.38. The molecule has 36 heavy (non-hydrogen) atoms. The summed E-state index contributed by atoms with van der Waals surface area (Å²) in [5.74, 6) is 2.23. The zero-order valence-electron chi connectivity index (χ0n) is 23.6. The third kappa shape index (κ3) is 5.47. The largest absolute Gasteiger partial charge is 0.393 e. The van der Waals surface area contributed by atoms with Gasteiger partial charge in [-0.3, -0.25) is 0 Å². The molecule has 0 radical (unpaired) electrons. The average molecular weight is 562 g/mol. The first kappa shape index (κ1) is 30.8. The van der Waals surface area contributed by atoms with Gasteiger partial charge in [0.1, 0.15) is 0 Å². The summed E-state index contributed by atoms with van der Waals surface area (Å²) in [5, 5.41) is 21.6. The van der Waals surface area contributed by atoms with Gasteiger partial charge in [0.25, 0.3) is 0 Å². The third-order valence-electron chi connectivity index (χ3n) is 11.8. The van der Waals surface area contributed by atoms with Crippen molar-refractivity contribution in [2.75, 3.05) is 0 Å². The molecule has 0 spiro atoms. The topological polar surface area (TPSA) is 40.5 Å². The van der Waals surface area contributed by atoms with Gasteiger partial charge in [-0.05, 0) is 110 Å². The monoisotopic (exact) mass is 560 g/mol. The fourth-order valence-corrected chi connectivity index (χ4v) is 9.73. The highest BCUT2D eigenvalue weighted by atomic mass is 35.6. The normalized spacial score (nSPS) is 43.8. The zero-order valence-corrected chi connectivity index (χ0v) is 25.8. The third-order valence-corrected chi connectivity index (χ3v) is 11.8. The predicted octanol–water partition coefficient (Wildman–Crippen LogP) is 9.29. The molecule has 4 fully saturated rings. The molecule has 0 amide bonds. The van der Waals surface area contributed by atoms with Crippen LogP contribution < -0.4 is 0 Å². The van der Waals surface area contributed by atoms with Crippen molar-refractivity contribution in [3.05, 3.63) is 24.3 Å². The van der Waals surface area contributed by atoms with E-state index in [1.165, 1.54) is 36.8 Å². The van der Waals surface area contributed by atoms with E-state index in [1.54, 1.807) is 0 Å². The molecule has 0 unspecified atom stereocenters. The molecule has 4 saturated carbocycles. The Balaban J connectivity index is 0.000000840. The van der Waals surface area contributed by atoms with E-state index < -0.39 is 4.30 Å². The highest BCUT2D eigenvalue weighted by Gasteiger charge is 2.58. The molecule has 0 bridgehead atoms. The number of rotatable bonds is 3. The van der Waals surface area contributed by atoms with Crippen LogP contribution in [0, 0.1) is 45.3 Å². The summed E-state index contributed by atoms with van der Waals surface area (Å²) in [4.78, 5) is 0. The quantitative estimate of drug-likeness (QED) is 0.266. The molecular weight excluding hydrogens is 511 g/mol. The van der Waals surface area contributed by atoms with Gasteiger partial charge in [0, 0.05) is 0 Å². The molecule has 4 aliphatic carbocycles. The fraction of sp³-hybridized carbons (Fsp3) is 0.871. The van der Waals surface area contributed by atoms with Gasteiger partial charge in [-0.25, -0.2) is 0 Å². The summed E-state index contributed by atoms with van der Waals surface area (Å²) in [6.45, 7) is 23.4. The Hall–Kier alpha value is 0.270. The first-order valence-electron chi connectivity index (χ1n) is 14.1. The number of fused-ring (bicyclic) bond motifs is 2. The van der Waals surface area contributed by atoms with Gasteiger partial charge in [-0.2, -0.15) is 0 Å². The van der Waals surface area contributed by atoms with Crippen LogP contribution in [0.4, 0.5) is 0 Å². The van der Waals surface area contributed by atoms with E-state index in [9.17, 15) is 10.2 Å². The Morgan fingerprint density at radius 1 is 0.694 bits per heavy atom. The summed E-state index contributed by atoms with van der Waals surface area (Å²) in [6.07, 6.45) is 10.7. The maximum absolute atomic E-state index is 10.8. The Kier molecular flexibility index (Phi) is 9.44. The van der Waals surface area contributed by atoms with Crippen molar-refractivity contribution < 1.29 is 10.2 Å². The van der Waals surface area contributed by atoms with Gasteiger partial charge < -0.3 is 10.2 Å². The number of halogens is 3. The molecule has 0 heterocycles. The number of allylic oxidation sites excluding steroid dienone is 2. The maximum Gasteiger partial charge on any atom is 0.180 e. The Morgan fingerprint density at radius 2 is 1.00 bits per heavy atom. The van der Waals surface area contributed by atoms with Gasteiger partial charge >= 0.3 is 0 Å². The lowest BCUT2D eigenvalue weighted by Crippen LogP contribution is -2.56. The van der Waals surface area contributed by atoms with E-state index in [1.807, 2.05) is 0 Å². The summed E-state index contributed by atoms with van der Waals surface area (Å²) in [7, 11) is 0. The highest BCUT2D eigenvalue weighted by molar-refractivity contribution is 6.63. The van der Waals surface area contributed by atoms with Crippen LogP contribution in [0.25, 0.3) is 0 Å². The van der Waals surface area contributed by atoms with Crippen LogP contribution in [-0.2, 0) is 0 Å². The van der Waals surface area contributed by atoms with Crippen LogP contribution in [0.3, 0.4) is 0 Å². The zero-order chi connectivity index (χ0) is 27.3. The molecule has 0 saturated heterocycles. The van der Waals surface area contributed by atoms with Gasteiger partial charge in [-0.15, -0.1) is 0 Å². The molecule has 2 nitrogen and oxygen atoms in total. The van der Waals surface area contributed by atoms with E-state index in [4.69, 9.17) is 34.8 Å². The van der Waals surface area contributed by atoms with Gasteiger partial charge in [0.05, 0.1) is 12.2 Å². The van der Waals surface area contributed by atoms with Crippen LogP contribution in [-0.4, -0.2) is 26.7 Å². The van der Waals surface area contributed by atoms with Crippen LogP contribution in [0.2, 0.25) is 0 Å². The van der Waals surface area contributed by atoms with Crippen molar-refractivity contribution in [1.82, 2.24) is 0 Å². The smallest absolute Gasteiger partial charge is 0.180 e. The minimum Gasteiger partial charge on any atom is -0.393 e. The van der Waals surface area contributed by atoms with Crippen LogP contribution in [0.5, 0.6) is 0 Å². The highest BCUT2D eigenvalue weighted by Crippen LogP contribution is 2.64. The molecule has 8 atom stereocenters. The second kappa shape index (κ2) is 11.0. The Labute approximate surface area is 236 Å². The standard InChI is InChI=1S/C30H50O2.CHCl3/c1-19-9-13-23-27(3,4)25(31)15-17-29(23,7)21(19)11-12-22-20(2)10-14-24-28(5,6)26(32)16-18-30(22,24)8;2-1(3)4/h21-26,31-32H,1-2,9-18H2,3-8H3;1H/t21-,22-,23-,24-,25-,26-,29+,30+;/m1./s1. The molecule has 4 aliphatic rings. The molecule has 2 N–H and O–H groups in total. The van der Waals surface area contributed by atoms with Crippen LogP contribution >= 0.6 is 34.8 Å². The van der Waals surface area contributed by atoms with Crippen LogP contribution in [0.15, 0.2) is 24.3 Å². The lowest BCUT2D eigenvalue weighted by Gasteiger charge is -2.61.